The lowest BCUT2D eigenvalue weighted by Gasteiger charge is -2.18. The number of hydrogen-bond donors (Lipinski definition) is 1. The van der Waals surface area contributed by atoms with Gasteiger partial charge < -0.3 is 9.88 Å². The van der Waals surface area contributed by atoms with Gasteiger partial charge in [0, 0.05) is 31.7 Å². The minimum absolute atomic E-state index is 0.173. The fourth-order valence-electron chi connectivity index (χ4n) is 2.10. The van der Waals surface area contributed by atoms with Gasteiger partial charge in [0.2, 0.25) is 0 Å². The number of aromatic nitrogens is 2. The highest BCUT2D eigenvalue weighted by atomic mass is 16.2. The molecule has 2 rings (SSSR count). The minimum atomic E-state index is -0.346. The Morgan fingerprint density at radius 3 is 2.67 bits per heavy atom. The van der Waals surface area contributed by atoms with E-state index < -0.39 is 0 Å². The molecule has 0 saturated heterocycles. The van der Waals surface area contributed by atoms with E-state index in [2.05, 4.69) is 9.97 Å². The molecule has 0 unspecified atom stereocenters. The van der Waals surface area contributed by atoms with E-state index in [-0.39, 0.29) is 17.0 Å². The molecule has 5 heteroatoms. The summed E-state index contributed by atoms with van der Waals surface area (Å²) in [5.41, 5.74) is 3.54. The first-order valence-electron chi connectivity index (χ1n) is 6.75. The Labute approximate surface area is 123 Å². The number of hydrogen-bond acceptors (Lipinski definition) is 3. The predicted octanol–water partition coefficient (Wildman–Crippen LogP) is 1.97. The summed E-state index contributed by atoms with van der Waals surface area (Å²) >= 11 is 0. The normalized spacial score (nSPS) is 10.5. The highest BCUT2D eigenvalue weighted by molar-refractivity contribution is 5.93. The van der Waals surface area contributed by atoms with Crippen LogP contribution in [0.4, 0.5) is 0 Å². The maximum atomic E-state index is 12.4. The molecule has 0 atom stereocenters. The lowest BCUT2D eigenvalue weighted by atomic mass is 10.1. The van der Waals surface area contributed by atoms with Gasteiger partial charge in [0.05, 0.1) is 0 Å². The van der Waals surface area contributed by atoms with Crippen LogP contribution in [0.15, 0.2) is 29.3 Å². The van der Waals surface area contributed by atoms with Crippen molar-refractivity contribution in [1.29, 1.82) is 0 Å². The van der Waals surface area contributed by atoms with E-state index in [1.807, 2.05) is 26.8 Å². The molecule has 0 saturated carbocycles. The maximum Gasteiger partial charge on any atom is 0.261 e. The summed E-state index contributed by atoms with van der Waals surface area (Å²) in [4.78, 5) is 32.7. The number of pyridine rings is 2. The molecule has 0 spiro atoms. The van der Waals surface area contributed by atoms with Crippen LogP contribution < -0.4 is 5.56 Å². The lowest BCUT2D eigenvalue weighted by molar-refractivity contribution is 0.0783. The molecule has 0 radical (unpaired) electrons. The van der Waals surface area contributed by atoms with Crippen LogP contribution in [0.3, 0.4) is 0 Å². The fourth-order valence-corrected chi connectivity index (χ4v) is 2.10. The second kappa shape index (κ2) is 5.91. The molecular weight excluding hydrogens is 266 g/mol. The Morgan fingerprint density at radius 1 is 1.29 bits per heavy atom. The standard InChI is InChI=1S/C16H19N3O2/c1-10-7-14(15(20)18-12(10)3)16(21)19(4)9-13-5-6-17-8-11(13)2/h5-8H,9H2,1-4H3,(H,18,20). The van der Waals surface area contributed by atoms with Crippen LogP contribution in [0.5, 0.6) is 0 Å². The quantitative estimate of drug-likeness (QED) is 0.937. The second-order valence-electron chi connectivity index (χ2n) is 5.28. The first kappa shape index (κ1) is 15.0. The largest absolute Gasteiger partial charge is 0.337 e. The minimum Gasteiger partial charge on any atom is -0.337 e. The summed E-state index contributed by atoms with van der Waals surface area (Å²) in [6.07, 6.45) is 3.46. The molecule has 5 nitrogen and oxygen atoms in total. The number of H-pyrrole nitrogens is 1. The summed E-state index contributed by atoms with van der Waals surface area (Å²) < 4.78 is 0. The van der Waals surface area contributed by atoms with Crippen molar-refractivity contribution in [3.63, 3.8) is 0 Å². The van der Waals surface area contributed by atoms with Gasteiger partial charge in [-0.3, -0.25) is 14.6 Å². The molecule has 0 bridgehead atoms. The molecule has 2 heterocycles. The topological polar surface area (TPSA) is 66.1 Å². The van der Waals surface area contributed by atoms with Crippen LogP contribution in [0, 0.1) is 20.8 Å². The summed E-state index contributed by atoms with van der Waals surface area (Å²) in [7, 11) is 1.69. The summed E-state index contributed by atoms with van der Waals surface area (Å²) in [6, 6.07) is 3.52. The van der Waals surface area contributed by atoms with Crippen molar-refractivity contribution < 1.29 is 4.79 Å². The smallest absolute Gasteiger partial charge is 0.261 e. The zero-order chi connectivity index (χ0) is 15.6. The first-order chi connectivity index (χ1) is 9.90. The van der Waals surface area contributed by atoms with Gasteiger partial charge in [-0.25, -0.2) is 0 Å². The van der Waals surface area contributed by atoms with Crippen molar-refractivity contribution in [2.45, 2.75) is 27.3 Å². The lowest BCUT2D eigenvalue weighted by Crippen LogP contribution is -2.32. The van der Waals surface area contributed by atoms with Gasteiger partial charge in [-0.1, -0.05) is 0 Å². The molecule has 0 aliphatic carbocycles. The third-order valence-electron chi connectivity index (χ3n) is 3.62. The molecule has 0 aromatic carbocycles. The van der Waals surface area contributed by atoms with Crippen LogP contribution >= 0.6 is 0 Å². The average molecular weight is 285 g/mol. The third kappa shape index (κ3) is 3.18. The van der Waals surface area contributed by atoms with Gasteiger partial charge >= 0.3 is 0 Å². The van der Waals surface area contributed by atoms with Crippen LogP contribution in [0.2, 0.25) is 0 Å². The zero-order valence-electron chi connectivity index (χ0n) is 12.7. The van der Waals surface area contributed by atoms with E-state index >= 15 is 0 Å². The molecule has 1 N–H and O–H groups in total. The number of aromatic amines is 1. The summed E-state index contributed by atoms with van der Waals surface area (Å²) in [5.74, 6) is -0.282. The maximum absolute atomic E-state index is 12.4. The van der Waals surface area contributed by atoms with Crippen molar-refractivity contribution in [2.24, 2.45) is 0 Å². The average Bonchev–Trinajstić information content (AvgIpc) is 2.44. The van der Waals surface area contributed by atoms with E-state index in [0.717, 1.165) is 22.4 Å². The fraction of sp³-hybridized carbons (Fsp3) is 0.312. The van der Waals surface area contributed by atoms with Gasteiger partial charge in [-0.05, 0) is 49.6 Å². The van der Waals surface area contributed by atoms with E-state index in [9.17, 15) is 9.59 Å². The molecule has 1 amide bonds. The van der Waals surface area contributed by atoms with E-state index in [1.54, 1.807) is 30.4 Å². The number of amides is 1. The van der Waals surface area contributed by atoms with E-state index in [4.69, 9.17) is 0 Å². The number of aryl methyl sites for hydroxylation is 3. The van der Waals surface area contributed by atoms with Crippen molar-refractivity contribution in [3.8, 4) is 0 Å². The molecule has 2 aromatic rings. The second-order valence-corrected chi connectivity index (χ2v) is 5.28. The highest BCUT2D eigenvalue weighted by Crippen LogP contribution is 2.11. The van der Waals surface area contributed by atoms with Gasteiger partial charge in [-0.2, -0.15) is 0 Å². The van der Waals surface area contributed by atoms with Crippen molar-refractivity contribution >= 4 is 5.91 Å². The van der Waals surface area contributed by atoms with Gasteiger partial charge in [-0.15, -0.1) is 0 Å². The summed E-state index contributed by atoms with van der Waals surface area (Å²) in [6.45, 7) is 6.08. The zero-order valence-corrected chi connectivity index (χ0v) is 12.7. The van der Waals surface area contributed by atoms with E-state index in [0.29, 0.717) is 6.54 Å². The number of rotatable bonds is 3. The van der Waals surface area contributed by atoms with Crippen molar-refractivity contribution in [2.75, 3.05) is 7.05 Å². The Bertz CT molecular complexity index is 735. The Kier molecular flexibility index (Phi) is 4.21. The molecular formula is C16H19N3O2. The van der Waals surface area contributed by atoms with Crippen LogP contribution in [0.25, 0.3) is 0 Å². The van der Waals surface area contributed by atoms with E-state index in [1.165, 1.54) is 0 Å². The SMILES string of the molecule is Cc1cnccc1CN(C)C(=O)c1cc(C)c(C)[nH]c1=O. The number of nitrogens with zero attached hydrogens (tertiary/aromatic N) is 2. The van der Waals surface area contributed by atoms with Crippen LogP contribution in [0.1, 0.15) is 32.7 Å². The molecule has 0 aliphatic rings. The Morgan fingerprint density at radius 2 is 2.00 bits per heavy atom. The van der Waals surface area contributed by atoms with Gasteiger partial charge in [0.25, 0.3) is 11.5 Å². The van der Waals surface area contributed by atoms with Crippen LogP contribution in [-0.4, -0.2) is 27.8 Å². The van der Waals surface area contributed by atoms with Gasteiger partial charge in [0.1, 0.15) is 5.56 Å². The third-order valence-corrected chi connectivity index (χ3v) is 3.62. The molecule has 21 heavy (non-hydrogen) atoms. The predicted molar refractivity (Wildman–Crippen MR) is 81.3 cm³/mol. The monoisotopic (exact) mass is 285 g/mol. The Hall–Kier alpha value is -2.43. The first-order valence-corrected chi connectivity index (χ1v) is 6.75. The van der Waals surface area contributed by atoms with Crippen LogP contribution in [-0.2, 0) is 6.54 Å². The summed E-state index contributed by atoms with van der Waals surface area (Å²) in [5, 5.41) is 0. The van der Waals surface area contributed by atoms with Crippen molar-refractivity contribution in [1.82, 2.24) is 14.9 Å². The van der Waals surface area contributed by atoms with Gasteiger partial charge in [0.15, 0.2) is 0 Å². The molecule has 2 aromatic heterocycles. The Balaban J connectivity index is 2.26. The highest BCUT2D eigenvalue weighted by Gasteiger charge is 2.17. The molecule has 0 aliphatic heterocycles. The molecule has 0 fully saturated rings. The molecule has 110 valence electrons. The van der Waals surface area contributed by atoms with Crippen molar-refractivity contribution in [3.05, 3.63) is 62.8 Å². The number of nitrogens with one attached hydrogen (secondary N) is 1. The number of carbonyl (C=O) groups is 1. The number of carbonyl (C=O) groups excluding carboxylic acids is 1.